The van der Waals surface area contributed by atoms with Gasteiger partial charge in [-0.05, 0) is 31.9 Å². The van der Waals surface area contributed by atoms with Crippen molar-refractivity contribution in [3.63, 3.8) is 0 Å². The topological polar surface area (TPSA) is 49.7 Å². The van der Waals surface area contributed by atoms with Crippen LogP contribution in [0.25, 0.3) is 0 Å². The summed E-state index contributed by atoms with van der Waals surface area (Å²) >= 11 is 0. The lowest BCUT2D eigenvalue weighted by Crippen LogP contribution is -2.48. The van der Waals surface area contributed by atoms with E-state index in [9.17, 15) is 4.79 Å². The minimum atomic E-state index is 0.0486. The normalized spacial score (nSPS) is 20.7. The van der Waals surface area contributed by atoms with Crippen molar-refractivity contribution in [2.75, 3.05) is 39.9 Å². The summed E-state index contributed by atoms with van der Waals surface area (Å²) in [6, 6.07) is 5.03. The van der Waals surface area contributed by atoms with Gasteiger partial charge in [0.1, 0.15) is 0 Å². The highest BCUT2D eigenvalue weighted by Gasteiger charge is 2.29. The Bertz CT molecular complexity index is 526. The number of nitrogens with one attached hydrogen (secondary N) is 1. The zero-order valence-corrected chi connectivity index (χ0v) is 14.2. The lowest BCUT2D eigenvalue weighted by molar-refractivity contribution is 0.140. The van der Waals surface area contributed by atoms with E-state index in [4.69, 9.17) is 4.74 Å². The van der Waals surface area contributed by atoms with Gasteiger partial charge in [0, 0.05) is 57.8 Å². The van der Waals surface area contributed by atoms with Crippen LogP contribution in [0.4, 0.5) is 4.79 Å². The van der Waals surface area contributed by atoms with Gasteiger partial charge in [0.25, 0.3) is 0 Å². The molecule has 1 N–H and O–H groups in total. The second kappa shape index (κ2) is 7.36. The molecule has 23 heavy (non-hydrogen) atoms. The second-order valence-corrected chi connectivity index (χ2v) is 6.49. The third-order valence-electron chi connectivity index (χ3n) is 4.92. The molecule has 2 amide bonds. The van der Waals surface area contributed by atoms with Crippen LogP contribution in [-0.2, 0) is 11.3 Å². The van der Waals surface area contributed by atoms with E-state index in [1.165, 1.54) is 18.5 Å². The number of urea groups is 1. The lowest BCUT2D eigenvalue weighted by Gasteiger charge is -2.35. The van der Waals surface area contributed by atoms with Crippen LogP contribution in [0.5, 0.6) is 0 Å². The molecule has 1 atom stereocenters. The Labute approximate surface area is 138 Å². The highest BCUT2D eigenvalue weighted by atomic mass is 16.5. The quantitative estimate of drug-likeness (QED) is 0.832. The molecule has 2 aliphatic rings. The number of hydrogen-bond donors (Lipinski definition) is 1. The summed E-state index contributed by atoms with van der Waals surface area (Å²) in [4.78, 5) is 16.8. The predicted molar refractivity (Wildman–Crippen MR) is 89.4 cm³/mol. The van der Waals surface area contributed by atoms with Gasteiger partial charge in [-0.15, -0.1) is 0 Å². The molecule has 1 aromatic heterocycles. The van der Waals surface area contributed by atoms with Crippen molar-refractivity contribution in [3.05, 3.63) is 24.0 Å². The van der Waals surface area contributed by atoms with Crippen LogP contribution in [0, 0.1) is 0 Å². The van der Waals surface area contributed by atoms with E-state index in [0.29, 0.717) is 12.6 Å². The molecular weight excluding hydrogens is 292 g/mol. The third-order valence-corrected chi connectivity index (χ3v) is 4.92. The van der Waals surface area contributed by atoms with Crippen molar-refractivity contribution in [3.8, 4) is 0 Å². The summed E-state index contributed by atoms with van der Waals surface area (Å²) in [5, 5.41) is 3.09. The molecule has 0 aromatic carbocycles. The van der Waals surface area contributed by atoms with Gasteiger partial charge in [-0.1, -0.05) is 0 Å². The maximum Gasteiger partial charge on any atom is 0.318 e. The smallest absolute Gasteiger partial charge is 0.318 e. The number of methoxy groups -OCH3 is 1. The summed E-state index contributed by atoms with van der Waals surface area (Å²) in [5.74, 6) is 0. The molecule has 1 saturated carbocycles. The van der Waals surface area contributed by atoms with Gasteiger partial charge in [0.05, 0.1) is 12.6 Å². The Kier molecular flexibility index (Phi) is 5.23. The van der Waals surface area contributed by atoms with E-state index in [1.807, 2.05) is 4.90 Å². The van der Waals surface area contributed by atoms with Crippen molar-refractivity contribution in [2.45, 2.75) is 38.4 Å². The number of hydrogen-bond acceptors (Lipinski definition) is 3. The fourth-order valence-electron chi connectivity index (χ4n) is 3.39. The number of nitrogens with zero attached hydrogens (tertiary/aromatic N) is 3. The van der Waals surface area contributed by atoms with Crippen LogP contribution in [-0.4, -0.2) is 66.3 Å². The number of rotatable bonds is 7. The van der Waals surface area contributed by atoms with E-state index >= 15 is 0 Å². The number of carbonyl (C=O) groups excluding carboxylic acids is 1. The van der Waals surface area contributed by atoms with E-state index in [1.54, 1.807) is 7.11 Å². The average molecular weight is 320 g/mol. The number of fused-ring (bicyclic) bond motifs is 1. The molecule has 0 spiro atoms. The maximum absolute atomic E-state index is 12.5. The van der Waals surface area contributed by atoms with E-state index < -0.39 is 0 Å². The van der Waals surface area contributed by atoms with Crippen LogP contribution >= 0.6 is 0 Å². The van der Waals surface area contributed by atoms with E-state index in [-0.39, 0.29) is 12.1 Å². The number of carbonyl (C=O) groups is 1. The predicted octanol–water partition coefficient (Wildman–Crippen LogP) is 1.69. The monoisotopic (exact) mass is 320 g/mol. The van der Waals surface area contributed by atoms with Gasteiger partial charge >= 0.3 is 6.03 Å². The third kappa shape index (κ3) is 3.87. The van der Waals surface area contributed by atoms with Crippen LogP contribution in [0.2, 0.25) is 0 Å². The Morgan fingerprint density at radius 3 is 2.96 bits per heavy atom. The average Bonchev–Trinajstić information content (AvgIpc) is 3.27. The van der Waals surface area contributed by atoms with E-state index in [2.05, 4.69) is 40.0 Å². The van der Waals surface area contributed by atoms with E-state index in [0.717, 1.165) is 32.8 Å². The first kappa shape index (κ1) is 16.3. The van der Waals surface area contributed by atoms with Gasteiger partial charge in [0.15, 0.2) is 0 Å². The number of ether oxygens (including phenoxy) is 1. The first-order chi connectivity index (χ1) is 11.2. The Hall–Kier alpha value is -1.53. The Balaban J connectivity index is 1.46. The minimum absolute atomic E-state index is 0.0486. The second-order valence-electron chi connectivity index (χ2n) is 6.49. The molecule has 3 rings (SSSR count). The molecule has 1 fully saturated rings. The molecule has 0 radical (unpaired) electrons. The van der Waals surface area contributed by atoms with Gasteiger partial charge in [0.2, 0.25) is 0 Å². The Morgan fingerprint density at radius 1 is 1.39 bits per heavy atom. The van der Waals surface area contributed by atoms with Gasteiger partial charge in [-0.3, -0.25) is 4.90 Å². The molecule has 128 valence electrons. The van der Waals surface area contributed by atoms with Crippen LogP contribution < -0.4 is 5.32 Å². The highest BCUT2D eigenvalue weighted by molar-refractivity contribution is 5.74. The van der Waals surface area contributed by atoms with Crippen molar-refractivity contribution in [2.24, 2.45) is 0 Å². The fourth-order valence-corrected chi connectivity index (χ4v) is 3.39. The van der Waals surface area contributed by atoms with Gasteiger partial charge in [-0.25, -0.2) is 4.79 Å². The molecule has 1 aliphatic heterocycles. The van der Waals surface area contributed by atoms with Crippen molar-refractivity contribution in [1.29, 1.82) is 0 Å². The summed E-state index contributed by atoms with van der Waals surface area (Å²) in [7, 11) is 1.74. The zero-order valence-electron chi connectivity index (χ0n) is 14.2. The molecule has 0 unspecified atom stereocenters. The van der Waals surface area contributed by atoms with Crippen molar-refractivity contribution >= 4 is 6.03 Å². The molecule has 2 heterocycles. The largest absolute Gasteiger partial charge is 0.383 e. The van der Waals surface area contributed by atoms with Crippen molar-refractivity contribution in [1.82, 2.24) is 19.7 Å². The molecule has 1 aromatic rings. The fraction of sp³-hybridized carbons (Fsp3) is 0.706. The Morgan fingerprint density at radius 2 is 2.22 bits per heavy atom. The molecule has 0 saturated heterocycles. The molecule has 6 heteroatoms. The van der Waals surface area contributed by atoms with Gasteiger partial charge in [-0.2, -0.15) is 0 Å². The molecular formula is C17H28N4O2. The number of amides is 2. The molecule has 6 nitrogen and oxygen atoms in total. The first-order valence-corrected chi connectivity index (χ1v) is 8.63. The summed E-state index contributed by atoms with van der Waals surface area (Å²) in [6.07, 6.45) is 4.64. The summed E-state index contributed by atoms with van der Waals surface area (Å²) in [5.41, 5.74) is 1.21. The van der Waals surface area contributed by atoms with Crippen molar-refractivity contribution < 1.29 is 9.53 Å². The minimum Gasteiger partial charge on any atom is -0.383 e. The van der Waals surface area contributed by atoms with Crippen LogP contribution in [0.1, 0.15) is 31.5 Å². The lowest BCUT2D eigenvalue weighted by atomic mass is 10.1. The molecule has 0 bridgehead atoms. The maximum atomic E-state index is 12.5. The van der Waals surface area contributed by atoms with Crippen LogP contribution in [0.15, 0.2) is 18.3 Å². The first-order valence-electron chi connectivity index (χ1n) is 8.63. The standard InChI is InChI=1S/C17H28N4O2/c1-14-16-4-3-8-20(16)10-11-21(14)17(22)18-7-9-19(12-13-23-2)15-5-6-15/h3-4,8,14-15H,5-7,9-13H2,1-2H3,(H,18,22)/t14-/m1/s1. The highest BCUT2D eigenvalue weighted by Crippen LogP contribution is 2.26. The summed E-state index contributed by atoms with van der Waals surface area (Å²) in [6.45, 7) is 7.05. The summed E-state index contributed by atoms with van der Waals surface area (Å²) < 4.78 is 7.40. The van der Waals surface area contributed by atoms with Crippen LogP contribution in [0.3, 0.4) is 0 Å². The zero-order chi connectivity index (χ0) is 16.2. The SMILES string of the molecule is COCCN(CCNC(=O)N1CCn2cccc2[C@H]1C)C1CC1. The van der Waals surface area contributed by atoms with Gasteiger partial charge < -0.3 is 19.5 Å². The molecule has 1 aliphatic carbocycles. The number of aromatic nitrogens is 1.